The highest BCUT2D eigenvalue weighted by Gasteiger charge is 2.44. The van der Waals surface area contributed by atoms with Crippen molar-refractivity contribution in [2.24, 2.45) is 0 Å². The first-order valence-corrected chi connectivity index (χ1v) is 9.72. The molecule has 3 rings (SSSR count). The predicted octanol–water partition coefficient (Wildman–Crippen LogP) is 0.755. The first kappa shape index (κ1) is 16.4. The molecule has 2 N–H and O–H groups in total. The van der Waals surface area contributed by atoms with Crippen molar-refractivity contribution in [3.8, 4) is 0 Å². The van der Waals surface area contributed by atoms with Gasteiger partial charge in [0.1, 0.15) is 0 Å². The van der Waals surface area contributed by atoms with Crippen LogP contribution in [0.5, 0.6) is 0 Å². The van der Waals surface area contributed by atoms with Gasteiger partial charge in [-0.05, 0) is 37.0 Å². The van der Waals surface area contributed by atoms with Crippen LogP contribution in [0.15, 0.2) is 24.3 Å². The summed E-state index contributed by atoms with van der Waals surface area (Å²) in [5.41, 5.74) is 1.75. The Morgan fingerprint density at radius 3 is 2.52 bits per heavy atom. The summed E-state index contributed by atoms with van der Waals surface area (Å²) in [5, 5.41) is 9.74. The predicted molar refractivity (Wildman–Crippen MR) is 87.8 cm³/mol. The van der Waals surface area contributed by atoms with Crippen LogP contribution >= 0.6 is 0 Å². The summed E-state index contributed by atoms with van der Waals surface area (Å²) in [6, 6.07) is 7.68. The molecule has 1 aromatic carbocycles. The summed E-state index contributed by atoms with van der Waals surface area (Å²) < 4.78 is 25.2. The Morgan fingerprint density at radius 1 is 1.30 bits per heavy atom. The molecular formula is C16H22N2O4S. The van der Waals surface area contributed by atoms with E-state index in [0.717, 1.165) is 24.1 Å². The second-order valence-corrected chi connectivity index (χ2v) is 8.45. The van der Waals surface area contributed by atoms with Crippen LogP contribution in [0.1, 0.15) is 31.2 Å². The number of hydrogen-bond acceptors (Lipinski definition) is 4. The minimum absolute atomic E-state index is 0.0305. The van der Waals surface area contributed by atoms with Gasteiger partial charge in [0, 0.05) is 24.1 Å². The lowest BCUT2D eigenvalue weighted by Gasteiger charge is -2.30. The fourth-order valence-electron chi connectivity index (χ4n) is 3.06. The van der Waals surface area contributed by atoms with Crippen molar-refractivity contribution >= 4 is 21.6 Å². The van der Waals surface area contributed by atoms with Crippen LogP contribution in [-0.4, -0.2) is 44.9 Å². The largest absolute Gasteiger partial charge is 0.391 e. The number of benzene rings is 1. The molecule has 1 aromatic rings. The Kier molecular flexibility index (Phi) is 4.20. The molecule has 2 aliphatic rings. The first-order valence-electron chi connectivity index (χ1n) is 7.83. The molecule has 0 aromatic heterocycles. The number of nitrogens with zero attached hydrogens (tertiary/aromatic N) is 1. The molecule has 6 nitrogen and oxygen atoms in total. The van der Waals surface area contributed by atoms with E-state index < -0.39 is 16.1 Å². The minimum atomic E-state index is -3.19. The lowest BCUT2D eigenvalue weighted by atomic mass is 9.95. The molecule has 23 heavy (non-hydrogen) atoms. The summed E-state index contributed by atoms with van der Waals surface area (Å²) in [6.07, 6.45) is 3.49. The molecule has 1 atom stereocenters. The third kappa shape index (κ3) is 3.73. The zero-order valence-corrected chi connectivity index (χ0v) is 14.0. The van der Waals surface area contributed by atoms with Gasteiger partial charge in [-0.25, -0.2) is 13.1 Å². The van der Waals surface area contributed by atoms with Crippen molar-refractivity contribution in [2.75, 3.05) is 24.2 Å². The van der Waals surface area contributed by atoms with Crippen molar-refractivity contribution < 1.29 is 18.3 Å². The summed E-state index contributed by atoms with van der Waals surface area (Å²) in [6.45, 7) is 0.742. The zero-order valence-electron chi connectivity index (χ0n) is 13.2. The number of carbonyl (C=O) groups is 1. The van der Waals surface area contributed by atoms with Crippen molar-refractivity contribution in [1.29, 1.82) is 0 Å². The van der Waals surface area contributed by atoms with Gasteiger partial charge in [-0.15, -0.1) is 0 Å². The van der Waals surface area contributed by atoms with Gasteiger partial charge in [0.05, 0.1) is 18.9 Å². The van der Waals surface area contributed by atoms with Crippen LogP contribution in [0.25, 0.3) is 0 Å². The van der Waals surface area contributed by atoms with Crippen LogP contribution in [-0.2, 0) is 20.2 Å². The molecule has 126 valence electrons. The average molecular weight is 338 g/mol. The van der Waals surface area contributed by atoms with Crippen LogP contribution in [0.3, 0.4) is 0 Å². The molecule has 1 saturated heterocycles. The van der Waals surface area contributed by atoms with E-state index >= 15 is 0 Å². The van der Waals surface area contributed by atoms with E-state index in [-0.39, 0.29) is 11.3 Å². The Bertz CT molecular complexity index is 695. The zero-order chi connectivity index (χ0) is 16.7. The van der Waals surface area contributed by atoms with Crippen LogP contribution in [0.4, 0.5) is 5.69 Å². The SMILES string of the molecule is CS(=O)(=O)NCC1(c2ccc(N3C[C@@H](O)CCC3=O)cc2)CC1. The Morgan fingerprint density at radius 2 is 1.96 bits per heavy atom. The van der Waals surface area contributed by atoms with Gasteiger partial charge >= 0.3 is 0 Å². The maximum atomic E-state index is 12.0. The van der Waals surface area contributed by atoms with Gasteiger partial charge in [-0.3, -0.25) is 4.79 Å². The maximum absolute atomic E-state index is 12.0. The van der Waals surface area contributed by atoms with Crippen molar-refractivity contribution in [1.82, 2.24) is 4.72 Å². The topological polar surface area (TPSA) is 86.7 Å². The molecule has 2 fully saturated rings. The van der Waals surface area contributed by atoms with E-state index in [1.807, 2.05) is 24.3 Å². The molecule has 1 aliphatic carbocycles. The number of aliphatic hydroxyl groups is 1. The number of anilines is 1. The second kappa shape index (κ2) is 5.89. The third-order valence-corrected chi connectivity index (χ3v) is 5.37. The molecule has 0 spiro atoms. The lowest BCUT2D eigenvalue weighted by molar-refractivity contribution is -0.121. The minimum Gasteiger partial charge on any atom is -0.391 e. The highest BCUT2D eigenvalue weighted by molar-refractivity contribution is 7.88. The Balaban J connectivity index is 1.73. The van der Waals surface area contributed by atoms with E-state index in [1.54, 1.807) is 4.90 Å². The Hall–Kier alpha value is -1.44. The van der Waals surface area contributed by atoms with Crippen molar-refractivity contribution in [2.45, 2.75) is 37.2 Å². The molecule has 7 heteroatoms. The van der Waals surface area contributed by atoms with Crippen LogP contribution < -0.4 is 9.62 Å². The molecule has 1 amide bonds. The number of β-amino-alcohol motifs (C(OH)–C–C–N with tert-alkyl or cyclic N) is 1. The van der Waals surface area contributed by atoms with Gasteiger partial charge < -0.3 is 10.0 Å². The van der Waals surface area contributed by atoms with E-state index in [9.17, 15) is 18.3 Å². The van der Waals surface area contributed by atoms with E-state index in [4.69, 9.17) is 0 Å². The smallest absolute Gasteiger partial charge is 0.227 e. The van der Waals surface area contributed by atoms with Crippen LogP contribution in [0, 0.1) is 0 Å². The van der Waals surface area contributed by atoms with Gasteiger partial charge in [0.15, 0.2) is 0 Å². The number of rotatable bonds is 5. The monoisotopic (exact) mass is 338 g/mol. The number of hydrogen-bond donors (Lipinski definition) is 2. The first-order chi connectivity index (χ1) is 10.8. The molecule has 1 saturated carbocycles. The van der Waals surface area contributed by atoms with Crippen molar-refractivity contribution in [3.05, 3.63) is 29.8 Å². The normalized spacial score (nSPS) is 23.8. The summed E-state index contributed by atoms with van der Waals surface area (Å²) in [5.74, 6) is 0.0305. The third-order valence-electron chi connectivity index (χ3n) is 4.70. The quantitative estimate of drug-likeness (QED) is 0.830. The lowest BCUT2D eigenvalue weighted by Crippen LogP contribution is -2.42. The summed E-state index contributed by atoms with van der Waals surface area (Å²) in [4.78, 5) is 13.6. The molecule has 0 radical (unpaired) electrons. The molecule has 1 heterocycles. The Labute approximate surface area is 136 Å². The second-order valence-electron chi connectivity index (χ2n) is 6.62. The fraction of sp³-hybridized carbons (Fsp3) is 0.562. The highest BCUT2D eigenvalue weighted by Crippen LogP contribution is 2.48. The van der Waals surface area contributed by atoms with Crippen LogP contribution in [0.2, 0.25) is 0 Å². The summed E-state index contributed by atoms with van der Waals surface area (Å²) >= 11 is 0. The van der Waals surface area contributed by atoms with Gasteiger partial charge in [-0.1, -0.05) is 12.1 Å². The van der Waals surface area contributed by atoms with Gasteiger partial charge in [-0.2, -0.15) is 0 Å². The van der Waals surface area contributed by atoms with E-state index in [1.165, 1.54) is 6.26 Å². The number of amides is 1. The number of nitrogens with one attached hydrogen (secondary N) is 1. The summed E-state index contributed by atoms with van der Waals surface area (Å²) in [7, 11) is -3.19. The van der Waals surface area contributed by atoms with Crippen molar-refractivity contribution in [3.63, 3.8) is 0 Å². The molecule has 1 aliphatic heterocycles. The molecule has 0 unspecified atom stereocenters. The van der Waals surface area contributed by atoms with E-state index in [2.05, 4.69) is 4.72 Å². The number of aliphatic hydroxyl groups excluding tert-OH is 1. The number of carbonyl (C=O) groups excluding carboxylic acids is 1. The molecular weight excluding hydrogens is 316 g/mol. The standard InChI is InChI=1S/C16H22N2O4S/c1-23(21,22)17-11-16(8-9-16)12-2-4-13(5-3-12)18-10-14(19)6-7-15(18)20/h2-5,14,17,19H,6-11H2,1H3/t14-/m0/s1. The van der Waals surface area contributed by atoms with Gasteiger partial charge in [0.2, 0.25) is 15.9 Å². The molecule has 0 bridgehead atoms. The highest BCUT2D eigenvalue weighted by atomic mass is 32.2. The number of piperidine rings is 1. The maximum Gasteiger partial charge on any atom is 0.227 e. The van der Waals surface area contributed by atoms with Gasteiger partial charge in [0.25, 0.3) is 0 Å². The average Bonchev–Trinajstić information content (AvgIpc) is 3.29. The number of sulfonamides is 1. The van der Waals surface area contributed by atoms with E-state index in [0.29, 0.717) is 25.9 Å². The fourth-order valence-corrected chi connectivity index (χ4v) is 3.60.